The number of likely N-dealkylation sites (N-methyl/N-ethyl adjacent to an activating group) is 1. The number of alkyl halides is 3. The molecule has 2 N–H and O–H groups in total. The second kappa shape index (κ2) is 5.65. The van der Waals surface area contributed by atoms with E-state index in [0.29, 0.717) is 0 Å². The van der Waals surface area contributed by atoms with E-state index < -0.39 is 33.6 Å². The summed E-state index contributed by atoms with van der Waals surface area (Å²) in [7, 11) is 1.43. The van der Waals surface area contributed by atoms with Crippen LogP contribution in [0, 0.1) is 5.41 Å². The van der Waals surface area contributed by atoms with Crippen molar-refractivity contribution in [3.8, 4) is 0 Å². The number of halogens is 4. The summed E-state index contributed by atoms with van der Waals surface area (Å²) in [5, 5.41) is -0.478. The number of nitrogens with zero attached hydrogens (tertiary/aromatic N) is 1. The van der Waals surface area contributed by atoms with Crippen LogP contribution in [0.2, 0.25) is 5.02 Å². The third-order valence-corrected chi connectivity index (χ3v) is 5.34. The van der Waals surface area contributed by atoms with Crippen LogP contribution in [0.5, 0.6) is 0 Å². The fraction of sp³-hybridized carbons (Fsp3) is 0.500. The number of amides is 2. The lowest BCUT2D eigenvalue weighted by atomic mass is 9.69. The molecule has 132 valence electrons. The highest BCUT2D eigenvalue weighted by molar-refractivity contribution is 6.32. The molecule has 1 fully saturated rings. The lowest BCUT2D eigenvalue weighted by molar-refractivity contribution is -0.140. The van der Waals surface area contributed by atoms with Crippen LogP contribution < -0.4 is 5.73 Å². The minimum absolute atomic E-state index is 0.0724. The van der Waals surface area contributed by atoms with Crippen LogP contribution in [0.4, 0.5) is 13.2 Å². The van der Waals surface area contributed by atoms with E-state index in [0.717, 1.165) is 6.07 Å². The van der Waals surface area contributed by atoms with Gasteiger partial charge in [0.05, 0.1) is 10.6 Å². The summed E-state index contributed by atoms with van der Waals surface area (Å²) in [5.41, 5.74) is 2.44. The molecule has 1 aliphatic rings. The molecule has 0 spiro atoms. The SMILES string of the molecule is CN1C(=O)CC(C)(C)[C@@]1(Cc1cccc(C(F)(F)F)c1Cl)C(N)=O. The topological polar surface area (TPSA) is 63.4 Å². The number of carbonyl (C=O) groups excluding carboxylic acids is 2. The van der Waals surface area contributed by atoms with Crippen molar-refractivity contribution in [2.45, 2.75) is 38.4 Å². The minimum atomic E-state index is -4.61. The average molecular weight is 363 g/mol. The van der Waals surface area contributed by atoms with E-state index in [1.165, 1.54) is 24.1 Å². The molecule has 1 saturated heterocycles. The van der Waals surface area contributed by atoms with Crippen LogP contribution in [0.15, 0.2) is 18.2 Å². The lowest BCUT2D eigenvalue weighted by Gasteiger charge is -2.42. The third kappa shape index (κ3) is 2.64. The van der Waals surface area contributed by atoms with Gasteiger partial charge in [-0.15, -0.1) is 0 Å². The molecule has 4 nitrogen and oxygen atoms in total. The molecule has 0 unspecified atom stereocenters. The monoisotopic (exact) mass is 362 g/mol. The van der Waals surface area contributed by atoms with Gasteiger partial charge >= 0.3 is 6.18 Å². The van der Waals surface area contributed by atoms with Gasteiger partial charge in [-0.3, -0.25) is 9.59 Å². The van der Waals surface area contributed by atoms with E-state index in [-0.39, 0.29) is 24.3 Å². The van der Waals surface area contributed by atoms with Crippen molar-refractivity contribution < 1.29 is 22.8 Å². The first-order valence-electron chi connectivity index (χ1n) is 7.26. The van der Waals surface area contributed by atoms with Gasteiger partial charge in [-0.2, -0.15) is 13.2 Å². The highest BCUT2D eigenvalue weighted by atomic mass is 35.5. The average Bonchev–Trinajstić information content (AvgIpc) is 2.59. The van der Waals surface area contributed by atoms with Crippen LogP contribution in [-0.4, -0.2) is 29.3 Å². The van der Waals surface area contributed by atoms with E-state index in [1.807, 2.05) is 0 Å². The third-order valence-electron chi connectivity index (χ3n) is 4.90. The summed E-state index contributed by atoms with van der Waals surface area (Å²) in [5.74, 6) is -1.06. The summed E-state index contributed by atoms with van der Waals surface area (Å²) in [6.07, 6.45) is -4.72. The quantitative estimate of drug-likeness (QED) is 0.898. The molecule has 8 heteroatoms. The molecule has 1 aliphatic heterocycles. The van der Waals surface area contributed by atoms with Crippen molar-refractivity contribution in [3.63, 3.8) is 0 Å². The zero-order valence-corrected chi connectivity index (χ0v) is 14.3. The number of hydrogen-bond acceptors (Lipinski definition) is 2. The highest BCUT2D eigenvalue weighted by Crippen LogP contribution is 2.48. The van der Waals surface area contributed by atoms with Gasteiger partial charge in [-0.25, -0.2) is 0 Å². The first-order valence-corrected chi connectivity index (χ1v) is 7.63. The van der Waals surface area contributed by atoms with Gasteiger partial charge in [-0.05, 0) is 11.6 Å². The summed E-state index contributed by atoms with van der Waals surface area (Å²) in [4.78, 5) is 25.6. The molecular weight excluding hydrogens is 345 g/mol. The largest absolute Gasteiger partial charge is 0.417 e. The lowest BCUT2D eigenvalue weighted by Crippen LogP contribution is -2.61. The zero-order valence-electron chi connectivity index (χ0n) is 13.5. The Labute approximate surface area is 142 Å². The van der Waals surface area contributed by atoms with Crippen molar-refractivity contribution in [2.75, 3.05) is 7.05 Å². The molecule has 0 radical (unpaired) electrons. The van der Waals surface area contributed by atoms with Crippen molar-refractivity contribution in [1.82, 2.24) is 4.90 Å². The van der Waals surface area contributed by atoms with E-state index in [2.05, 4.69) is 0 Å². The van der Waals surface area contributed by atoms with Gasteiger partial charge in [0, 0.05) is 25.3 Å². The summed E-state index contributed by atoms with van der Waals surface area (Å²) in [6.45, 7) is 3.39. The summed E-state index contributed by atoms with van der Waals surface area (Å²) >= 11 is 5.94. The number of likely N-dealkylation sites (tertiary alicyclic amines) is 1. The van der Waals surface area contributed by atoms with Gasteiger partial charge in [0.15, 0.2) is 0 Å². The molecule has 1 aromatic rings. The van der Waals surface area contributed by atoms with Gasteiger partial charge in [0.1, 0.15) is 5.54 Å². The van der Waals surface area contributed by atoms with Crippen LogP contribution in [0.25, 0.3) is 0 Å². The fourth-order valence-corrected chi connectivity index (χ4v) is 3.76. The molecule has 24 heavy (non-hydrogen) atoms. The molecule has 1 atom stereocenters. The van der Waals surface area contributed by atoms with Gasteiger partial charge in [0.2, 0.25) is 11.8 Å². The first-order chi connectivity index (χ1) is 10.8. The van der Waals surface area contributed by atoms with Crippen LogP contribution in [0.3, 0.4) is 0 Å². The predicted octanol–water partition coefficient (Wildman–Crippen LogP) is 3.01. The smallest absolute Gasteiger partial charge is 0.368 e. The number of carbonyl (C=O) groups is 2. The Morgan fingerprint density at radius 2 is 1.96 bits per heavy atom. The Kier molecular flexibility index (Phi) is 4.37. The van der Waals surface area contributed by atoms with Crippen LogP contribution in [0.1, 0.15) is 31.4 Å². The van der Waals surface area contributed by atoms with E-state index in [1.54, 1.807) is 13.8 Å². The Morgan fingerprint density at radius 1 is 1.38 bits per heavy atom. The first kappa shape index (κ1) is 18.6. The minimum Gasteiger partial charge on any atom is -0.368 e. The van der Waals surface area contributed by atoms with Crippen molar-refractivity contribution in [1.29, 1.82) is 0 Å². The standard InChI is InChI=1S/C16H18ClF3N2O2/c1-14(2)8-11(23)22(3)15(14,13(21)24)7-9-5-4-6-10(12(9)17)16(18,19)20/h4-6H,7-8H2,1-3H3,(H2,21,24)/t15-/m1/s1. The molecular formula is C16H18ClF3N2O2. The van der Waals surface area contributed by atoms with Gasteiger partial charge < -0.3 is 10.6 Å². The number of nitrogens with two attached hydrogens (primary N) is 1. The molecule has 1 heterocycles. The van der Waals surface area contributed by atoms with E-state index in [9.17, 15) is 22.8 Å². The number of primary amides is 1. The predicted molar refractivity (Wildman–Crippen MR) is 83.3 cm³/mol. The Hall–Kier alpha value is -1.76. The molecule has 0 saturated carbocycles. The maximum absolute atomic E-state index is 13.0. The molecule has 2 amide bonds. The maximum atomic E-state index is 13.0. The summed E-state index contributed by atoms with van der Waals surface area (Å²) < 4.78 is 39.1. The van der Waals surface area contributed by atoms with E-state index >= 15 is 0 Å². The Morgan fingerprint density at radius 3 is 2.38 bits per heavy atom. The van der Waals surface area contributed by atoms with Gasteiger partial charge in [-0.1, -0.05) is 37.6 Å². The van der Waals surface area contributed by atoms with Crippen LogP contribution >= 0.6 is 11.6 Å². The number of benzene rings is 1. The second-order valence-corrected chi connectivity index (χ2v) is 7.07. The van der Waals surface area contributed by atoms with Crippen molar-refractivity contribution in [3.05, 3.63) is 34.3 Å². The highest BCUT2D eigenvalue weighted by Gasteiger charge is 2.60. The second-order valence-electron chi connectivity index (χ2n) is 6.69. The maximum Gasteiger partial charge on any atom is 0.417 e. The van der Waals surface area contributed by atoms with Crippen LogP contribution in [-0.2, 0) is 22.2 Å². The Bertz CT molecular complexity index is 703. The summed E-state index contributed by atoms with van der Waals surface area (Å²) in [6, 6.07) is 3.51. The molecule has 0 aliphatic carbocycles. The number of hydrogen-bond donors (Lipinski definition) is 1. The van der Waals surface area contributed by atoms with E-state index in [4.69, 9.17) is 17.3 Å². The van der Waals surface area contributed by atoms with Gasteiger partial charge in [0.25, 0.3) is 0 Å². The Balaban J connectivity index is 2.59. The molecule has 0 aromatic heterocycles. The molecule has 0 bridgehead atoms. The normalized spacial score (nSPS) is 23.6. The number of rotatable bonds is 3. The fourth-order valence-electron chi connectivity index (χ4n) is 3.46. The molecule has 1 aromatic carbocycles. The van der Waals surface area contributed by atoms with Crippen molar-refractivity contribution >= 4 is 23.4 Å². The molecule has 2 rings (SSSR count). The zero-order chi connectivity index (χ0) is 18.5. The van der Waals surface area contributed by atoms with Crippen molar-refractivity contribution in [2.24, 2.45) is 11.1 Å².